The first-order valence-electron chi connectivity index (χ1n) is 6.86. The number of likely N-dealkylation sites (tertiary alicyclic amines) is 1. The summed E-state index contributed by atoms with van der Waals surface area (Å²) in [5.41, 5.74) is 0. The summed E-state index contributed by atoms with van der Waals surface area (Å²) in [7, 11) is 0. The third kappa shape index (κ3) is 4.81. The lowest BCUT2D eigenvalue weighted by molar-refractivity contribution is 0.197. The summed E-state index contributed by atoms with van der Waals surface area (Å²) in [5, 5.41) is 12.6. The zero-order chi connectivity index (χ0) is 11.8. The van der Waals surface area contributed by atoms with Crippen LogP contribution in [0.15, 0.2) is 0 Å². The molecular weight excluding hydrogens is 200 g/mol. The first-order valence-corrected chi connectivity index (χ1v) is 6.86. The predicted molar refractivity (Wildman–Crippen MR) is 68.6 cm³/mol. The Morgan fingerprint density at radius 2 is 2.00 bits per heavy atom. The fraction of sp³-hybridized carbons (Fsp3) is 1.00. The number of hydrogen-bond acceptors (Lipinski definition) is 3. The minimum atomic E-state index is 0.328. The first-order chi connectivity index (χ1) is 7.80. The molecule has 0 aromatic carbocycles. The average Bonchev–Trinajstić information content (AvgIpc) is 2.35. The standard InChI is InChI=1S/C13H28N2O/c1-3-12(7-10-16)11-14-13-5-8-15(4-2)9-6-13/h12-14,16H,3-11H2,1-2H3. The van der Waals surface area contributed by atoms with Crippen molar-refractivity contribution in [2.75, 3.05) is 32.8 Å². The molecule has 0 aromatic rings. The maximum atomic E-state index is 8.94. The molecule has 16 heavy (non-hydrogen) atoms. The molecule has 1 aliphatic rings. The number of aliphatic hydroxyl groups is 1. The van der Waals surface area contributed by atoms with Gasteiger partial charge in [-0.1, -0.05) is 20.3 Å². The number of aliphatic hydroxyl groups excluding tert-OH is 1. The largest absolute Gasteiger partial charge is 0.396 e. The molecule has 0 aliphatic carbocycles. The first kappa shape index (κ1) is 13.9. The van der Waals surface area contributed by atoms with Crippen LogP contribution in [0.25, 0.3) is 0 Å². The molecule has 0 amide bonds. The van der Waals surface area contributed by atoms with Gasteiger partial charge in [-0.25, -0.2) is 0 Å². The van der Waals surface area contributed by atoms with Gasteiger partial charge in [0.2, 0.25) is 0 Å². The van der Waals surface area contributed by atoms with Gasteiger partial charge in [0.25, 0.3) is 0 Å². The van der Waals surface area contributed by atoms with Crippen LogP contribution in [0.4, 0.5) is 0 Å². The molecule has 3 heteroatoms. The van der Waals surface area contributed by atoms with E-state index in [4.69, 9.17) is 5.11 Å². The number of piperidine rings is 1. The van der Waals surface area contributed by atoms with Crippen molar-refractivity contribution in [3.63, 3.8) is 0 Å². The molecule has 0 radical (unpaired) electrons. The molecule has 1 atom stereocenters. The third-order valence-electron chi connectivity index (χ3n) is 3.84. The topological polar surface area (TPSA) is 35.5 Å². The second kappa shape index (κ2) is 8.04. The summed E-state index contributed by atoms with van der Waals surface area (Å²) < 4.78 is 0. The molecule has 96 valence electrons. The lowest BCUT2D eigenvalue weighted by Crippen LogP contribution is -2.43. The SMILES string of the molecule is CCC(CCO)CNC1CCN(CC)CC1. The molecule has 2 N–H and O–H groups in total. The van der Waals surface area contributed by atoms with E-state index in [0.29, 0.717) is 18.6 Å². The predicted octanol–water partition coefficient (Wildman–Crippen LogP) is 1.47. The number of nitrogens with zero attached hydrogens (tertiary/aromatic N) is 1. The summed E-state index contributed by atoms with van der Waals surface area (Å²) in [6.45, 7) is 9.52. The van der Waals surface area contributed by atoms with E-state index in [2.05, 4.69) is 24.1 Å². The van der Waals surface area contributed by atoms with Gasteiger partial charge >= 0.3 is 0 Å². The zero-order valence-electron chi connectivity index (χ0n) is 10.9. The molecular formula is C13H28N2O. The number of hydrogen-bond donors (Lipinski definition) is 2. The summed E-state index contributed by atoms with van der Waals surface area (Å²) in [5.74, 6) is 0.647. The molecule has 0 saturated carbocycles. The van der Waals surface area contributed by atoms with Crippen LogP contribution in [0.2, 0.25) is 0 Å². The Kier molecular flexibility index (Phi) is 7.01. The molecule has 1 saturated heterocycles. The van der Waals surface area contributed by atoms with Gasteiger partial charge in [-0.05, 0) is 51.4 Å². The van der Waals surface area contributed by atoms with Crippen LogP contribution in [-0.4, -0.2) is 48.8 Å². The van der Waals surface area contributed by atoms with E-state index >= 15 is 0 Å². The summed E-state index contributed by atoms with van der Waals surface area (Å²) in [4.78, 5) is 2.52. The van der Waals surface area contributed by atoms with Gasteiger partial charge in [-0.2, -0.15) is 0 Å². The second-order valence-electron chi connectivity index (χ2n) is 4.90. The van der Waals surface area contributed by atoms with Crippen LogP contribution in [0, 0.1) is 5.92 Å². The smallest absolute Gasteiger partial charge is 0.0434 e. The van der Waals surface area contributed by atoms with Crippen LogP contribution in [0.1, 0.15) is 39.5 Å². The molecule has 0 aromatic heterocycles. The van der Waals surface area contributed by atoms with E-state index in [0.717, 1.165) is 13.0 Å². The van der Waals surface area contributed by atoms with E-state index in [1.807, 2.05) is 0 Å². The average molecular weight is 228 g/mol. The monoisotopic (exact) mass is 228 g/mol. The number of rotatable bonds is 7. The van der Waals surface area contributed by atoms with E-state index in [1.54, 1.807) is 0 Å². The Morgan fingerprint density at radius 3 is 2.50 bits per heavy atom. The van der Waals surface area contributed by atoms with Crippen LogP contribution in [0.5, 0.6) is 0 Å². The Balaban J connectivity index is 2.13. The van der Waals surface area contributed by atoms with Gasteiger partial charge in [0.15, 0.2) is 0 Å². The Morgan fingerprint density at radius 1 is 1.31 bits per heavy atom. The fourth-order valence-corrected chi connectivity index (χ4v) is 2.42. The molecule has 1 rings (SSSR count). The van der Waals surface area contributed by atoms with Crippen molar-refractivity contribution >= 4 is 0 Å². The van der Waals surface area contributed by atoms with Crippen LogP contribution >= 0.6 is 0 Å². The van der Waals surface area contributed by atoms with Crippen LogP contribution < -0.4 is 5.32 Å². The highest BCUT2D eigenvalue weighted by Crippen LogP contribution is 2.12. The van der Waals surface area contributed by atoms with E-state index in [-0.39, 0.29) is 0 Å². The van der Waals surface area contributed by atoms with E-state index < -0.39 is 0 Å². The molecule has 1 aliphatic heterocycles. The van der Waals surface area contributed by atoms with Gasteiger partial charge in [0, 0.05) is 12.6 Å². The van der Waals surface area contributed by atoms with E-state index in [1.165, 1.54) is 38.9 Å². The summed E-state index contributed by atoms with van der Waals surface area (Å²) in [6, 6.07) is 0.704. The maximum absolute atomic E-state index is 8.94. The molecule has 3 nitrogen and oxygen atoms in total. The van der Waals surface area contributed by atoms with Crippen molar-refractivity contribution in [2.24, 2.45) is 5.92 Å². The second-order valence-corrected chi connectivity index (χ2v) is 4.90. The van der Waals surface area contributed by atoms with Crippen LogP contribution in [0.3, 0.4) is 0 Å². The molecule has 0 spiro atoms. The Labute approximate surface area is 100 Å². The van der Waals surface area contributed by atoms with Crippen LogP contribution in [-0.2, 0) is 0 Å². The van der Waals surface area contributed by atoms with Crippen molar-refractivity contribution in [1.29, 1.82) is 0 Å². The lowest BCUT2D eigenvalue weighted by atomic mass is 10.0. The minimum Gasteiger partial charge on any atom is -0.396 e. The molecule has 1 unspecified atom stereocenters. The molecule has 1 heterocycles. The van der Waals surface area contributed by atoms with E-state index in [9.17, 15) is 0 Å². The minimum absolute atomic E-state index is 0.328. The molecule has 1 fully saturated rings. The van der Waals surface area contributed by atoms with Gasteiger partial charge in [0.1, 0.15) is 0 Å². The highest BCUT2D eigenvalue weighted by molar-refractivity contribution is 4.77. The van der Waals surface area contributed by atoms with Crippen molar-refractivity contribution in [3.8, 4) is 0 Å². The zero-order valence-corrected chi connectivity index (χ0v) is 10.9. The van der Waals surface area contributed by atoms with Crippen molar-refractivity contribution in [2.45, 2.75) is 45.6 Å². The Hall–Kier alpha value is -0.120. The normalized spacial score (nSPS) is 21.2. The van der Waals surface area contributed by atoms with Crippen molar-refractivity contribution in [1.82, 2.24) is 10.2 Å². The highest BCUT2D eigenvalue weighted by atomic mass is 16.3. The summed E-state index contributed by atoms with van der Waals surface area (Å²) in [6.07, 6.45) is 4.67. The fourth-order valence-electron chi connectivity index (χ4n) is 2.42. The highest BCUT2D eigenvalue weighted by Gasteiger charge is 2.18. The number of nitrogens with one attached hydrogen (secondary N) is 1. The summed E-state index contributed by atoms with van der Waals surface area (Å²) >= 11 is 0. The quantitative estimate of drug-likeness (QED) is 0.692. The molecule has 0 bridgehead atoms. The van der Waals surface area contributed by atoms with Gasteiger partial charge in [-0.3, -0.25) is 0 Å². The van der Waals surface area contributed by atoms with Crippen molar-refractivity contribution < 1.29 is 5.11 Å². The van der Waals surface area contributed by atoms with Gasteiger partial charge in [-0.15, -0.1) is 0 Å². The Bertz CT molecular complexity index is 167. The third-order valence-corrected chi connectivity index (χ3v) is 3.84. The lowest BCUT2D eigenvalue weighted by Gasteiger charge is -2.32. The van der Waals surface area contributed by atoms with Gasteiger partial charge in [0.05, 0.1) is 0 Å². The van der Waals surface area contributed by atoms with Gasteiger partial charge < -0.3 is 15.3 Å². The van der Waals surface area contributed by atoms with Crippen molar-refractivity contribution in [3.05, 3.63) is 0 Å². The maximum Gasteiger partial charge on any atom is 0.0434 e.